The van der Waals surface area contributed by atoms with Crippen molar-refractivity contribution in [2.75, 3.05) is 19.8 Å². The van der Waals surface area contributed by atoms with E-state index in [2.05, 4.69) is 61.6 Å². The SMILES string of the molecule is C=CCCOC(=O)CC1(C)C(C(C)(C)C(=O)OCCC=C)CCC2(C)C1CCC1C3C4OCC3(CCC4(C)C)CCC12C. The molecule has 0 spiro atoms. The van der Waals surface area contributed by atoms with Gasteiger partial charge in [-0.05, 0) is 129 Å². The van der Waals surface area contributed by atoms with Gasteiger partial charge in [-0.3, -0.25) is 9.59 Å². The third-order valence-corrected chi connectivity index (χ3v) is 14.5. The van der Waals surface area contributed by atoms with E-state index in [1.54, 1.807) is 12.2 Å². The maximum Gasteiger partial charge on any atom is 0.311 e. The van der Waals surface area contributed by atoms with Gasteiger partial charge in [-0.2, -0.15) is 0 Å². The number of hydrogen-bond donors (Lipinski definition) is 0. The molecule has 5 heteroatoms. The van der Waals surface area contributed by atoms with Crippen LogP contribution in [0.15, 0.2) is 25.3 Å². The zero-order valence-corrected chi connectivity index (χ0v) is 28.4. The summed E-state index contributed by atoms with van der Waals surface area (Å²) in [6, 6.07) is 0. The van der Waals surface area contributed by atoms with E-state index in [0.717, 1.165) is 25.9 Å². The molecule has 1 heterocycles. The molecule has 5 fully saturated rings. The first kappa shape index (κ1) is 32.8. The lowest BCUT2D eigenvalue weighted by molar-refractivity contribution is -0.238. The molecular formula is C38H60O5. The Morgan fingerprint density at radius 1 is 0.860 bits per heavy atom. The number of hydrogen-bond acceptors (Lipinski definition) is 5. The van der Waals surface area contributed by atoms with Crippen molar-refractivity contribution >= 4 is 11.9 Å². The summed E-state index contributed by atoms with van der Waals surface area (Å²) in [5, 5.41) is 0. The number of fused-ring (bicyclic) bond motifs is 3. The van der Waals surface area contributed by atoms with E-state index in [9.17, 15) is 9.59 Å². The van der Waals surface area contributed by atoms with Crippen molar-refractivity contribution in [2.24, 2.45) is 56.2 Å². The highest BCUT2D eigenvalue weighted by atomic mass is 16.5. The summed E-state index contributed by atoms with van der Waals surface area (Å²) in [7, 11) is 0. The van der Waals surface area contributed by atoms with Crippen molar-refractivity contribution in [1.29, 1.82) is 0 Å². The van der Waals surface area contributed by atoms with Gasteiger partial charge in [-0.25, -0.2) is 0 Å². The van der Waals surface area contributed by atoms with Crippen LogP contribution in [0.5, 0.6) is 0 Å². The van der Waals surface area contributed by atoms with E-state index in [-0.39, 0.29) is 39.5 Å². The van der Waals surface area contributed by atoms with Crippen molar-refractivity contribution in [3.05, 3.63) is 25.3 Å². The molecular weight excluding hydrogens is 536 g/mol. The van der Waals surface area contributed by atoms with Crippen molar-refractivity contribution in [1.82, 2.24) is 0 Å². The zero-order valence-electron chi connectivity index (χ0n) is 28.4. The molecule has 1 aliphatic heterocycles. The Bertz CT molecular complexity index is 1110. The summed E-state index contributed by atoms with van der Waals surface area (Å²) in [5.41, 5.74) is -0.305. The van der Waals surface area contributed by atoms with Crippen molar-refractivity contribution in [3.63, 3.8) is 0 Å². The largest absolute Gasteiger partial charge is 0.465 e. The van der Waals surface area contributed by atoms with Gasteiger partial charge in [0.2, 0.25) is 0 Å². The normalized spacial score (nSPS) is 43.0. The molecule has 0 N–H and O–H groups in total. The molecule has 242 valence electrons. The summed E-state index contributed by atoms with van der Waals surface area (Å²) in [4.78, 5) is 27.2. The Morgan fingerprint density at radius 2 is 1.51 bits per heavy atom. The third kappa shape index (κ3) is 4.97. The Labute approximate surface area is 261 Å². The Hall–Kier alpha value is -1.62. The standard InChI is InChI=1S/C38H60O5/c1-10-12-22-41-29(39)24-35(7)27(34(5,6)32(40)42-23-13-11-2)16-17-37(9)28(35)15-14-26-30-31-33(3,4)18-20-38(30,25-43-31)21-19-36(26,37)8/h10-11,26-28,30-31H,1-2,12-25H2,3-9H3. The highest BCUT2D eigenvalue weighted by Crippen LogP contribution is 2.77. The van der Waals surface area contributed by atoms with Crippen LogP contribution in [-0.2, 0) is 23.8 Å². The predicted molar refractivity (Wildman–Crippen MR) is 171 cm³/mol. The summed E-state index contributed by atoms with van der Waals surface area (Å²) in [6.07, 6.45) is 14.9. The molecule has 4 aliphatic carbocycles. The first-order valence-corrected chi connectivity index (χ1v) is 17.3. The van der Waals surface area contributed by atoms with Gasteiger partial charge in [0.05, 0.1) is 37.8 Å². The summed E-state index contributed by atoms with van der Waals surface area (Å²) in [6.45, 7) is 25.7. The minimum Gasteiger partial charge on any atom is -0.465 e. The summed E-state index contributed by atoms with van der Waals surface area (Å²) in [5.74, 6) is 1.28. The topological polar surface area (TPSA) is 61.8 Å². The lowest BCUT2D eigenvalue weighted by Gasteiger charge is -2.72. The fraction of sp³-hybridized carbons (Fsp3) is 0.842. The summed E-state index contributed by atoms with van der Waals surface area (Å²) >= 11 is 0. The van der Waals surface area contributed by atoms with Crippen LogP contribution in [0, 0.1) is 56.2 Å². The lowest BCUT2D eigenvalue weighted by atomic mass is 9.32. The van der Waals surface area contributed by atoms with E-state index in [0.29, 0.717) is 61.7 Å². The van der Waals surface area contributed by atoms with Crippen LogP contribution in [-0.4, -0.2) is 37.9 Å². The molecule has 0 radical (unpaired) electrons. The minimum atomic E-state index is -0.715. The first-order valence-electron chi connectivity index (χ1n) is 17.3. The fourth-order valence-corrected chi connectivity index (χ4v) is 11.9. The number of esters is 2. The molecule has 0 aromatic heterocycles. The molecule has 9 atom stereocenters. The molecule has 0 aromatic rings. The Balaban J connectivity index is 1.50. The van der Waals surface area contributed by atoms with E-state index < -0.39 is 5.41 Å². The Kier molecular flexibility index (Phi) is 8.62. The monoisotopic (exact) mass is 596 g/mol. The van der Waals surface area contributed by atoms with E-state index in [1.807, 2.05) is 0 Å². The van der Waals surface area contributed by atoms with Crippen LogP contribution in [0.4, 0.5) is 0 Å². The molecule has 5 nitrogen and oxygen atoms in total. The van der Waals surface area contributed by atoms with Gasteiger partial charge in [0.15, 0.2) is 0 Å². The van der Waals surface area contributed by atoms with Crippen molar-refractivity contribution in [2.45, 2.75) is 125 Å². The molecule has 9 unspecified atom stereocenters. The minimum absolute atomic E-state index is 0.0180. The van der Waals surface area contributed by atoms with Crippen LogP contribution < -0.4 is 0 Å². The van der Waals surface area contributed by atoms with Gasteiger partial charge in [0, 0.05) is 0 Å². The van der Waals surface area contributed by atoms with Gasteiger partial charge in [0.1, 0.15) is 0 Å². The second-order valence-electron chi connectivity index (χ2n) is 17.2. The van der Waals surface area contributed by atoms with Crippen molar-refractivity contribution < 1.29 is 23.8 Å². The smallest absolute Gasteiger partial charge is 0.311 e. The predicted octanol–water partition coefficient (Wildman–Crippen LogP) is 8.71. The molecule has 4 saturated carbocycles. The first-order chi connectivity index (χ1) is 20.1. The average molecular weight is 597 g/mol. The van der Waals surface area contributed by atoms with Gasteiger partial charge in [-0.1, -0.05) is 46.8 Å². The highest BCUT2D eigenvalue weighted by Gasteiger charge is 2.72. The highest BCUT2D eigenvalue weighted by molar-refractivity contribution is 5.77. The van der Waals surface area contributed by atoms with Crippen LogP contribution >= 0.6 is 0 Å². The number of ether oxygens (including phenoxy) is 3. The quantitative estimate of drug-likeness (QED) is 0.143. The van der Waals surface area contributed by atoms with Crippen LogP contribution in [0.3, 0.4) is 0 Å². The van der Waals surface area contributed by atoms with E-state index in [1.165, 1.54) is 32.1 Å². The van der Waals surface area contributed by atoms with Gasteiger partial charge >= 0.3 is 11.9 Å². The molecule has 43 heavy (non-hydrogen) atoms. The molecule has 5 aliphatic rings. The number of carbonyl (C=O) groups excluding carboxylic acids is 2. The second-order valence-corrected chi connectivity index (χ2v) is 17.2. The summed E-state index contributed by atoms with van der Waals surface area (Å²) < 4.78 is 18.3. The molecule has 0 aromatic carbocycles. The molecule has 5 rings (SSSR count). The Morgan fingerprint density at radius 3 is 2.19 bits per heavy atom. The van der Waals surface area contributed by atoms with Crippen molar-refractivity contribution in [3.8, 4) is 0 Å². The van der Waals surface area contributed by atoms with Crippen LogP contribution in [0.25, 0.3) is 0 Å². The second kappa shape index (κ2) is 11.3. The zero-order chi connectivity index (χ0) is 31.5. The van der Waals surface area contributed by atoms with Crippen LogP contribution in [0.1, 0.15) is 119 Å². The molecule has 0 amide bonds. The molecule has 1 saturated heterocycles. The lowest BCUT2D eigenvalue weighted by Crippen LogP contribution is -2.67. The number of rotatable bonds is 10. The molecule has 2 bridgehead atoms. The van der Waals surface area contributed by atoms with Gasteiger partial charge in [-0.15, -0.1) is 13.2 Å². The van der Waals surface area contributed by atoms with Crippen LogP contribution in [0.2, 0.25) is 0 Å². The third-order valence-electron chi connectivity index (χ3n) is 14.5. The maximum atomic E-state index is 13.7. The van der Waals surface area contributed by atoms with Gasteiger partial charge < -0.3 is 14.2 Å². The van der Waals surface area contributed by atoms with E-state index >= 15 is 0 Å². The fourth-order valence-electron chi connectivity index (χ4n) is 11.9. The average Bonchev–Trinajstić information content (AvgIpc) is 3.27. The maximum absolute atomic E-state index is 13.7. The van der Waals surface area contributed by atoms with Gasteiger partial charge in [0.25, 0.3) is 0 Å². The van der Waals surface area contributed by atoms with E-state index in [4.69, 9.17) is 14.2 Å². The number of carbonyl (C=O) groups is 2.